The second-order valence-corrected chi connectivity index (χ2v) is 5.14. The molecule has 0 saturated carbocycles. The zero-order valence-electron chi connectivity index (χ0n) is 10.3. The van der Waals surface area contributed by atoms with Crippen molar-refractivity contribution in [2.45, 2.75) is 12.5 Å². The number of hydrogen-bond acceptors (Lipinski definition) is 2. The van der Waals surface area contributed by atoms with Crippen LogP contribution in [0, 0.1) is 11.6 Å². The van der Waals surface area contributed by atoms with Gasteiger partial charge in [-0.15, -0.1) is 0 Å². The number of benzene rings is 2. The van der Waals surface area contributed by atoms with E-state index >= 15 is 0 Å². The number of hydrazine groups is 1. The summed E-state index contributed by atoms with van der Waals surface area (Å²) in [5.41, 5.74) is 3.00. The molecule has 2 rings (SSSR count). The van der Waals surface area contributed by atoms with Crippen molar-refractivity contribution >= 4 is 23.2 Å². The minimum Gasteiger partial charge on any atom is -0.271 e. The second-order valence-electron chi connectivity index (χ2n) is 4.29. The Labute approximate surface area is 125 Å². The summed E-state index contributed by atoms with van der Waals surface area (Å²) in [6.07, 6.45) is 0.129. The Kier molecular flexibility index (Phi) is 4.94. The SMILES string of the molecule is NNC(Cc1cc(Cl)ccc1F)c1c(F)cccc1Cl. The first-order chi connectivity index (χ1) is 9.52. The van der Waals surface area contributed by atoms with Crippen LogP contribution in [0.25, 0.3) is 0 Å². The fourth-order valence-corrected chi connectivity index (χ4v) is 2.50. The van der Waals surface area contributed by atoms with Crippen LogP contribution >= 0.6 is 23.2 Å². The molecule has 20 heavy (non-hydrogen) atoms. The van der Waals surface area contributed by atoms with Gasteiger partial charge in [-0.05, 0) is 42.3 Å². The summed E-state index contributed by atoms with van der Waals surface area (Å²) in [5.74, 6) is 4.52. The molecule has 0 amide bonds. The molecule has 2 aromatic rings. The molecule has 0 bridgehead atoms. The predicted molar refractivity (Wildman–Crippen MR) is 76.6 cm³/mol. The van der Waals surface area contributed by atoms with Crippen LogP contribution in [0.15, 0.2) is 36.4 Å². The summed E-state index contributed by atoms with van der Waals surface area (Å²) in [4.78, 5) is 0. The molecular weight excluding hydrogens is 305 g/mol. The van der Waals surface area contributed by atoms with Crippen LogP contribution in [0.2, 0.25) is 10.0 Å². The van der Waals surface area contributed by atoms with E-state index in [0.29, 0.717) is 10.6 Å². The van der Waals surface area contributed by atoms with Crippen molar-refractivity contribution in [3.05, 3.63) is 69.2 Å². The van der Waals surface area contributed by atoms with Gasteiger partial charge in [-0.25, -0.2) is 8.78 Å². The third-order valence-corrected chi connectivity index (χ3v) is 3.55. The maximum atomic E-state index is 13.9. The highest BCUT2D eigenvalue weighted by molar-refractivity contribution is 6.31. The second kappa shape index (κ2) is 6.50. The fourth-order valence-electron chi connectivity index (χ4n) is 2.01. The van der Waals surface area contributed by atoms with Crippen molar-refractivity contribution in [1.29, 1.82) is 0 Å². The van der Waals surface area contributed by atoms with Crippen molar-refractivity contribution in [3.63, 3.8) is 0 Å². The third-order valence-electron chi connectivity index (χ3n) is 2.98. The Bertz CT molecular complexity index is 600. The van der Waals surface area contributed by atoms with Crippen molar-refractivity contribution in [2.75, 3.05) is 0 Å². The van der Waals surface area contributed by atoms with Crippen LogP contribution in [-0.2, 0) is 6.42 Å². The first-order valence-corrected chi connectivity index (χ1v) is 6.62. The van der Waals surface area contributed by atoms with E-state index in [9.17, 15) is 8.78 Å². The van der Waals surface area contributed by atoms with E-state index in [0.717, 1.165) is 0 Å². The first kappa shape index (κ1) is 15.2. The molecule has 3 N–H and O–H groups in total. The molecule has 0 spiro atoms. The topological polar surface area (TPSA) is 38.0 Å². The molecule has 2 aromatic carbocycles. The monoisotopic (exact) mass is 316 g/mol. The highest BCUT2D eigenvalue weighted by atomic mass is 35.5. The molecule has 106 valence electrons. The molecule has 6 heteroatoms. The van der Waals surface area contributed by atoms with Gasteiger partial charge in [-0.3, -0.25) is 11.3 Å². The summed E-state index contributed by atoms with van der Waals surface area (Å²) >= 11 is 11.8. The van der Waals surface area contributed by atoms with Gasteiger partial charge in [-0.1, -0.05) is 29.3 Å². The number of halogens is 4. The van der Waals surface area contributed by atoms with Crippen LogP contribution in [0.3, 0.4) is 0 Å². The first-order valence-electron chi connectivity index (χ1n) is 5.87. The Morgan fingerprint density at radius 2 is 1.85 bits per heavy atom. The smallest absolute Gasteiger partial charge is 0.129 e. The Morgan fingerprint density at radius 1 is 1.10 bits per heavy atom. The van der Waals surface area contributed by atoms with Crippen molar-refractivity contribution < 1.29 is 8.78 Å². The van der Waals surface area contributed by atoms with Gasteiger partial charge < -0.3 is 0 Å². The molecule has 0 saturated heterocycles. The summed E-state index contributed by atoms with van der Waals surface area (Å²) in [7, 11) is 0. The minimum atomic E-state index is -0.656. The normalized spacial score (nSPS) is 12.4. The number of nitrogens with one attached hydrogen (secondary N) is 1. The Morgan fingerprint density at radius 3 is 2.50 bits per heavy atom. The van der Waals surface area contributed by atoms with E-state index in [-0.39, 0.29) is 17.0 Å². The highest BCUT2D eigenvalue weighted by Crippen LogP contribution is 2.29. The van der Waals surface area contributed by atoms with E-state index in [2.05, 4.69) is 5.43 Å². The van der Waals surface area contributed by atoms with Gasteiger partial charge in [-0.2, -0.15) is 0 Å². The quantitative estimate of drug-likeness (QED) is 0.660. The summed E-state index contributed by atoms with van der Waals surface area (Å²) < 4.78 is 27.6. The molecule has 0 aliphatic heterocycles. The lowest BCUT2D eigenvalue weighted by Gasteiger charge is -2.19. The molecule has 0 fully saturated rings. The van der Waals surface area contributed by atoms with Gasteiger partial charge in [0.1, 0.15) is 11.6 Å². The molecule has 2 nitrogen and oxygen atoms in total. The molecule has 0 aliphatic carbocycles. The Hall–Kier alpha value is -1.20. The van der Waals surface area contributed by atoms with Crippen molar-refractivity contribution in [1.82, 2.24) is 5.43 Å². The third kappa shape index (κ3) is 3.27. The fraction of sp³-hybridized carbons (Fsp3) is 0.143. The van der Waals surface area contributed by atoms with Gasteiger partial charge in [0.2, 0.25) is 0 Å². The number of hydrogen-bond donors (Lipinski definition) is 2. The summed E-state index contributed by atoms with van der Waals surface area (Å²) in [5, 5.41) is 0.632. The maximum absolute atomic E-state index is 13.9. The van der Waals surface area contributed by atoms with Crippen LogP contribution in [0.5, 0.6) is 0 Å². The van der Waals surface area contributed by atoms with E-state index in [1.54, 1.807) is 6.07 Å². The summed E-state index contributed by atoms with van der Waals surface area (Å²) in [6.45, 7) is 0. The van der Waals surface area contributed by atoms with Gasteiger partial charge in [0, 0.05) is 15.6 Å². The Balaban J connectivity index is 2.36. The van der Waals surface area contributed by atoms with Crippen molar-refractivity contribution in [2.24, 2.45) is 5.84 Å². The predicted octanol–water partition coefficient (Wildman–Crippen LogP) is 4.02. The molecule has 0 aliphatic rings. The maximum Gasteiger partial charge on any atom is 0.129 e. The molecule has 1 atom stereocenters. The minimum absolute atomic E-state index is 0.129. The van der Waals surface area contributed by atoms with Crippen LogP contribution in [0.1, 0.15) is 17.2 Å². The molecule has 0 radical (unpaired) electrons. The number of nitrogens with two attached hydrogens (primary N) is 1. The zero-order chi connectivity index (χ0) is 14.7. The lowest BCUT2D eigenvalue weighted by molar-refractivity contribution is 0.499. The van der Waals surface area contributed by atoms with Crippen molar-refractivity contribution in [3.8, 4) is 0 Å². The van der Waals surface area contributed by atoms with E-state index in [4.69, 9.17) is 29.0 Å². The lowest BCUT2D eigenvalue weighted by Crippen LogP contribution is -2.30. The van der Waals surface area contributed by atoms with Gasteiger partial charge in [0.05, 0.1) is 6.04 Å². The standard InChI is InChI=1S/C14H12Cl2F2N2/c15-9-4-5-11(17)8(6-9)7-13(20-19)14-10(16)2-1-3-12(14)18/h1-6,13,20H,7,19H2. The zero-order valence-corrected chi connectivity index (χ0v) is 11.8. The average Bonchev–Trinajstić information content (AvgIpc) is 2.41. The van der Waals surface area contributed by atoms with Gasteiger partial charge in [0.25, 0.3) is 0 Å². The van der Waals surface area contributed by atoms with Crippen LogP contribution in [-0.4, -0.2) is 0 Å². The largest absolute Gasteiger partial charge is 0.271 e. The van der Waals surface area contributed by atoms with E-state index in [1.165, 1.54) is 30.3 Å². The molecule has 0 heterocycles. The van der Waals surface area contributed by atoms with Gasteiger partial charge >= 0.3 is 0 Å². The summed E-state index contributed by atoms with van der Waals surface area (Å²) in [6, 6.07) is 7.86. The highest BCUT2D eigenvalue weighted by Gasteiger charge is 2.20. The van der Waals surface area contributed by atoms with E-state index < -0.39 is 17.7 Å². The van der Waals surface area contributed by atoms with Crippen LogP contribution < -0.4 is 11.3 Å². The van der Waals surface area contributed by atoms with E-state index in [1.807, 2.05) is 0 Å². The van der Waals surface area contributed by atoms with Crippen LogP contribution in [0.4, 0.5) is 8.78 Å². The van der Waals surface area contributed by atoms with Gasteiger partial charge in [0.15, 0.2) is 0 Å². The molecular formula is C14H12Cl2F2N2. The average molecular weight is 317 g/mol. The molecule has 1 unspecified atom stereocenters. The molecule has 0 aromatic heterocycles. The number of rotatable bonds is 4. The lowest BCUT2D eigenvalue weighted by atomic mass is 9.98.